The van der Waals surface area contributed by atoms with Gasteiger partial charge < -0.3 is 15.3 Å². The Labute approximate surface area is 73.8 Å². The van der Waals surface area contributed by atoms with Crippen LogP contribution in [0.25, 0.3) is 0 Å². The summed E-state index contributed by atoms with van der Waals surface area (Å²) in [5, 5.41) is 8.07. The van der Waals surface area contributed by atoms with Crippen LogP contribution in [0, 0.1) is 0 Å². The molecular formula is C8H20O4. The van der Waals surface area contributed by atoms with Crippen LogP contribution in [0.15, 0.2) is 0 Å². The minimum Gasteiger partial charge on any atom is -0.466 e. The first kappa shape index (κ1) is 17.5. The molecule has 0 aromatic rings. The predicted molar refractivity (Wildman–Crippen MR) is 47.9 cm³/mol. The molecule has 0 aromatic heterocycles. The van der Waals surface area contributed by atoms with E-state index in [1.165, 1.54) is 6.92 Å². The molecule has 0 rings (SSSR count). The molecule has 0 radical (unpaired) electrons. The Balaban J connectivity index is -0.000000126. The molecule has 0 unspecified atom stereocenters. The Morgan fingerprint density at radius 1 is 1.42 bits per heavy atom. The average molecular weight is 180 g/mol. The third-order valence-corrected chi connectivity index (χ3v) is 0.859. The maximum absolute atomic E-state index is 9.82. The number of unbranched alkanes of at least 4 members (excludes halogenated alkanes) is 1. The van der Waals surface area contributed by atoms with E-state index in [1.54, 1.807) is 6.92 Å². The van der Waals surface area contributed by atoms with Gasteiger partial charge in [-0.25, -0.2) is 0 Å². The Bertz CT molecular complexity index is 81.1. The molecule has 4 heteroatoms. The van der Waals surface area contributed by atoms with Crippen LogP contribution in [0.5, 0.6) is 0 Å². The molecular weight excluding hydrogens is 160 g/mol. The van der Waals surface area contributed by atoms with Gasteiger partial charge in [0, 0.05) is 13.5 Å². The summed E-state index contributed by atoms with van der Waals surface area (Å²) in [4.78, 5) is 9.82. The van der Waals surface area contributed by atoms with Crippen LogP contribution in [-0.4, -0.2) is 29.8 Å². The topological polar surface area (TPSA) is 78.0 Å². The molecule has 3 N–H and O–H groups in total. The molecule has 0 spiro atoms. The minimum atomic E-state index is -0.211. The summed E-state index contributed by atoms with van der Waals surface area (Å²) in [6.07, 6.45) is 2.04. The quantitative estimate of drug-likeness (QED) is 0.643. The first-order valence-electron chi connectivity index (χ1n) is 3.93. The zero-order valence-electron chi connectivity index (χ0n) is 8.09. The van der Waals surface area contributed by atoms with Gasteiger partial charge in [0.05, 0.1) is 6.61 Å². The van der Waals surface area contributed by atoms with Crippen LogP contribution in [0.2, 0.25) is 0 Å². The second-order valence-corrected chi connectivity index (χ2v) is 2.00. The van der Waals surface area contributed by atoms with E-state index in [1.807, 2.05) is 0 Å². The van der Waals surface area contributed by atoms with Crippen molar-refractivity contribution in [3.8, 4) is 0 Å². The number of aliphatic hydroxyl groups is 1. The zero-order chi connectivity index (χ0) is 9.11. The molecule has 0 fully saturated rings. The van der Waals surface area contributed by atoms with Crippen molar-refractivity contribution in [1.29, 1.82) is 0 Å². The highest BCUT2D eigenvalue weighted by Gasteiger charge is 1.81. The van der Waals surface area contributed by atoms with Crippen molar-refractivity contribution in [3.05, 3.63) is 0 Å². The summed E-state index contributed by atoms with van der Waals surface area (Å²) in [7, 11) is 0. The highest BCUT2D eigenvalue weighted by Crippen LogP contribution is 1.78. The second-order valence-electron chi connectivity index (χ2n) is 2.00. The van der Waals surface area contributed by atoms with Crippen LogP contribution in [0.4, 0.5) is 0 Å². The first-order valence-corrected chi connectivity index (χ1v) is 3.93. The molecule has 76 valence electrons. The van der Waals surface area contributed by atoms with E-state index in [2.05, 4.69) is 11.7 Å². The number of esters is 1. The third kappa shape index (κ3) is 34.3. The molecule has 0 aromatic carbocycles. The second kappa shape index (κ2) is 16.8. The van der Waals surface area contributed by atoms with Crippen molar-refractivity contribution in [3.63, 3.8) is 0 Å². The van der Waals surface area contributed by atoms with Crippen molar-refractivity contribution in [2.45, 2.75) is 33.6 Å². The summed E-state index contributed by atoms with van der Waals surface area (Å²) in [5.74, 6) is -0.211. The van der Waals surface area contributed by atoms with Crippen LogP contribution in [0.3, 0.4) is 0 Å². The normalized spacial score (nSPS) is 7.33. The van der Waals surface area contributed by atoms with E-state index in [-0.39, 0.29) is 11.4 Å². The number of carbonyl (C=O) groups excluding carboxylic acids is 1. The number of rotatable bonds is 3. The first-order chi connectivity index (χ1) is 5.18. The third-order valence-electron chi connectivity index (χ3n) is 0.859. The van der Waals surface area contributed by atoms with Crippen molar-refractivity contribution in [1.82, 2.24) is 0 Å². The van der Waals surface area contributed by atoms with Crippen molar-refractivity contribution < 1.29 is 20.1 Å². The monoisotopic (exact) mass is 180 g/mol. The van der Waals surface area contributed by atoms with E-state index in [4.69, 9.17) is 5.11 Å². The molecule has 12 heavy (non-hydrogen) atoms. The molecule has 0 aliphatic carbocycles. The number of aliphatic hydroxyl groups excluding tert-OH is 1. The zero-order valence-corrected chi connectivity index (χ0v) is 8.09. The fraction of sp³-hybridized carbons (Fsp3) is 0.875. The smallest absolute Gasteiger partial charge is 0.302 e. The van der Waals surface area contributed by atoms with Gasteiger partial charge in [0.1, 0.15) is 0 Å². The Morgan fingerprint density at radius 3 is 1.92 bits per heavy atom. The fourth-order valence-electron chi connectivity index (χ4n) is 0.361. The van der Waals surface area contributed by atoms with Crippen LogP contribution in [-0.2, 0) is 9.53 Å². The SMILES string of the molecule is CCCCO.CCOC(C)=O.O. The maximum atomic E-state index is 9.82. The summed E-state index contributed by atoms with van der Waals surface area (Å²) in [6, 6.07) is 0. The maximum Gasteiger partial charge on any atom is 0.302 e. The van der Waals surface area contributed by atoms with Gasteiger partial charge in [-0.2, -0.15) is 0 Å². The standard InChI is InChI=1S/C4H8O2.C4H10O.H2O/c1-3-6-4(2)5;1-2-3-4-5;/h3H2,1-2H3;5H,2-4H2,1H3;1H2. The van der Waals surface area contributed by atoms with Gasteiger partial charge in [-0.1, -0.05) is 13.3 Å². The van der Waals surface area contributed by atoms with Gasteiger partial charge in [0.2, 0.25) is 0 Å². The van der Waals surface area contributed by atoms with Gasteiger partial charge in [0.25, 0.3) is 0 Å². The molecule has 0 saturated carbocycles. The summed E-state index contributed by atoms with van der Waals surface area (Å²) >= 11 is 0. The minimum absolute atomic E-state index is 0. The largest absolute Gasteiger partial charge is 0.466 e. The lowest BCUT2D eigenvalue weighted by Crippen LogP contribution is -1.95. The summed E-state index contributed by atoms with van der Waals surface area (Å²) in [6.45, 7) is 6.05. The van der Waals surface area contributed by atoms with Crippen LogP contribution >= 0.6 is 0 Å². The van der Waals surface area contributed by atoms with Gasteiger partial charge in [0.15, 0.2) is 0 Å². The molecule has 0 bridgehead atoms. The van der Waals surface area contributed by atoms with Crippen LogP contribution < -0.4 is 0 Å². The van der Waals surface area contributed by atoms with Gasteiger partial charge in [-0.3, -0.25) is 4.79 Å². The fourth-order valence-corrected chi connectivity index (χ4v) is 0.361. The lowest BCUT2D eigenvalue weighted by molar-refractivity contribution is -0.140. The van der Waals surface area contributed by atoms with Gasteiger partial charge in [-0.15, -0.1) is 0 Å². The lowest BCUT2D eigenvalue weighted by Gasteiger charge is -1.89. The molecule has 4 nitrogen and oxygen atoms in total. The molecule has 0 amide bonds. The van der Waals surface area contributed by atoms with E-state index >= 15 is 0 Å². The van der Waals surface area contributed by atoms with E-state index in [0.717, 1.165) is 12.8 Å². The van der Waals surface area contributed by atoms with E-state index < -0.39 is 0 Å². The molecule has 0 heterocycles. The highest BCUT2D eigenvalue weighted by molar-refractivity contribution is 5.65. The number of hydrogen-bond donors (Lipinski definition) is 1. The Morgan fingerprint density at radius 2 is 1.92 bits per heavy atom. The van der Waals surface area contributed by atoms with Crippen molar-refractivity contribution in [2.24, 2.45) is 0 Å². The predicted octanol–water partition coefficient (Wildman–Crippen LogP) is 0.523. The Kier molecular flexibility index (Phi) is 24.4. The molecule has 0 aliphatic heterocycles. The van der Waals surface area contributed by atoms with Gasteiger partial charge in [-0.05, 0) is 13.3 Å². The Hall–Kier alpha value is -0.610. The molecule has 0 aliphatic rings. The van der Waals surface area contributed by atoms with Gasteiger partial charge >= 0.3 is 5.97 Å². The summed E-state index contributed by atoms with van der Waals surface area (Å²) < 4.78 is 4.40. The number of carbonyl (C=O) groups is 1. The average Bonchev–Trinajstić information content (AvgIpc) is 1.90. The summed E-state index contributed by atoms with van der Waals surface area (Å²) in [5.41, 5.74) is 0. The highest BCUT2D eigenvalue weighted by atomic mass is 16.5. The molecule has 0 atom stereocenters. The van der Waals surface area contributed by atoms with Crippen LogP contribution in [0.1, 0.15) is 33.6 Å². The van der Waals surface area contributed by atoms with E-state index in [0.29, 0.717) is 13.2 Å². The van der Waals surface area contributed by atoms with Crippen molar-refractivity contribution >= 4 is 5.97 Å². The lowest BCUT2D eigenvalue weighted by atomic mass is 10.4. The number of ether oxygens (including phenoxy) is 1. The van der Waals surface area contributed by atoms with Crippen molar-refractivity contribution in [2.75, 3.05) is 13.2 Å². The number of hydrogen-bond acceptors (Lipinski definition) is 3. The molecule has 0 saturated heterocycles. The van der Waals surface area contributed by atoms with E-state index in [9.17, 15) is 4.79 Å².